The van der Waals surface area contributed by atoms with E-state index in [2.05, 4.69) is 70.6 Å². The van der Waals surface area contributed by atoms with E-state index in [1.165, 1.54) is 22.3 Å². The van der Waals surface area contributed by atoms with Gasteiger partial charge in [0.25, 0.3) is 0 Å². The number of nitriles is 2. The molecule has 4 nitrogen and oxygen atoms in total. The number of hydrogen-bond donors (Lipinski definition) is 0. The van der Waals surface area contributed by atoms with Crippen LogP contribution in [0.15, 0.2) is 97.6 Å². The lowest BCUT2D eigenvalue weighted by molar-refractivity contribution is 0.228. The summed E-state index contributed by atoms with van der Waals surface area (Å²) in [5.41, 5.74) is 6.25. The molecule has 4 heteroatoms. The molecule has 2 aromatic carbocycles. The highest BCUT2D eigenvalue weighted by atomic mass is 14.6. The van der Waals surface area contributed by atoms with Crippen molar-refractivity contribution in [3.63, 3.8) is 0 Å². The summed E-state index contributed by atoms with van der Waals surface area (Å²) in [7, 11) is 0. The number of pyridine rings is 2. The van der Waals surface area contributed by atoms with E-state index in [-0.39, 0.29) is 23.7 Å². The van der Waals surface area contributed by atoms with Crippen LogP contribution in [0, 0.1) is 22.7 Å². The Kier molecular flexibility index (Phi) is 5.20. The predicted octanol–water partition coefficient (Wildman–Crippen LogP) is 5.67. The number of hydrogen-bond acceptors (Lipinski definition) is 4. The van der Waals surface area contributed by atoms with Gasteiger partial charge < -0.3 is 0 Å². The Bertz CT molecular complexity index is 1180. The third-order valence-corrected chi connectivity index (χ3v) is 6.58. The first kappa shape index (κ1) is 19.7. The molecular weight excluding hydrogens is 392 g/mol. The van der Waals surface area contributed by atoms with Gasteiger partial charge in [0.2, 0.25) is 0 Å². The zero-order valence-electron chi connectivity index (χ0n) is 17.3. The average molecular weight is 412 g/mol. The number of aromatic nitrogens is 2. The second kappa shape index (κ2) is 8.46. The minimum absolute atomic E-state index is 0.233. The van der Waals surface area contributed by atoms with E-state index >= 15 is 0 Å². The van der Waals surface area contributed by atoms with Crippen LogP contribution in [0.5, 0.6) is 0 Å². The van der Waals surface area contributed by atoms with Crippen molar-refractivity contribution >= 4 is 0 Å². The molecule has 0 bridgehead atoms. The maximum atomic E-state index is 9.25. The van der Waals surface area contributed by atoms with Crippen molar-refractivity contribution in [2.45, 2.75) is 23.7 Å². The summed E-state index contributed by atoms with van der Waals surface area (Å²) in [6.07, 6.45) is 7.40. The Hall–Kier alpha value is -4.28. The Morgan fingerprint density at radius 3 is 1.00 bits per heavy atom. The summed E-state index contributed by atoms with van der Waals surface area (Å²) in [6, 6.07) is 28.7. The summed E-state index contributed by atoms with van der Waals surface area (Å²) < 4.78 is 0. The highest BCUT2D eigenvalue weighted by Crippen LogP contribution is 2.66. The standard InChI is InChI=1S/C28H20N4/c29-17-19-1-5-21(6-2-19)25-26(22-7-3-20(18-30)4-8-22)28(24-11-15-32-16-12-24)27(25)23-9-13-31-14-10-23/h1-16,25-28H/t25-,26+,27+,28-. The van der Waals surface area contributed by atoms with Crippen molar-refractivity contribution < 1.29 is 0 Å². The van der Waals surface area contributed by atoms with Gasteiger partial charge >= 0.3 is 0 Å². The third-order valence-electron chi connectivity index (χ3n) is 6.58. The van der Waals surface area contributed by atoms with Crippen molar-refractivity contribution in [1.29, 1.82) is 10.5 Å². The molecule has 152 valence electrons. The minimum Gasteiger partial charge on any atom is -0.265 e. The number of nitrogens with zero attached hydrogens (tertiary/aromatic N) is 4. The zero-order chi connectivity index (χ0) is 21.9. The van der Waals surface area contributed by atoms with E-state index in [1.807, 2.05) is 49.1 Å². The molecular formula is C28H20N4. The minimum atomic E-state index is 0.233. The van der Waals surface area contributed by atoms with Crippen molar-refractivity contribution in [2.24, 2.45) is 0 Å². The van der Waals surface area contributed by atoms with Gasteiger partial charge in [0.1, 0.15) is 0 Å². The molecule has 5 rings (SSSR count). The van der Waals surface area contributed by atoms with Gasteiger partial charge in [0.05, 0.1) is 23.3 Å². The first-order valence-electron chi connectivity index (χ1n) is 10.6. The normalized spacial score (nSPS) is 21.7. The van der Waals surface area contributed by atoms with E-state index in [9.17, 15) is 10.5 Å². The lowest BCUT2D eigenvalue weighted by Gasteiger charge is -2.53. The molecule has 1 saturated carbocycles. The molecule has 32 heavy (non-hydrogen) atoms. The summed E-state index contributed by atoms with van der Waals surface area (Å²) in [4.78, 5) is 8.45. The second-order valence-corrected chi connectivity index (χ2v) is 8.13. The van der Waals surface area contributed by atoms with Crippen LogP contribution in [0.3, 0.4) is 0 Å². The molecule has 4 atom stereocenters. The van der Waals surface area contributed by atoms with E-state index in [4.69, 9.17) is 0 Å². The third kappa shape index (κ3) is 3.43. The summed E-state index contributed by atoms with van der Waals surface area (Å²) in [5, 5.41) is 18.5. The first-order chi connectivity index (χ1) is 15.8. The van der Waals surface area contributed by atoms with Crippen LogP contribution in [0.1, 0.15) is 57.1 Å². The SMILES string of the molecule is N#Cc1ccc([C@@H]2[C@@H](c3ccncc3)[C@@H](c3ccncc3)[C@@H]2c2ccc(C#N)cc2)cc1. The molecule has 0 radical (unpaired) electrons. The monoisotopic (exact) mass is 412 g/mol. The number of rotatable bonds is 4. The van der Waals surface area contributed by atoms with E-state index < -0.39 is 0 Å². The van der Waals surface area contributed by atoms with Crippen molar-refractivity contribution in [1.82, 2.24) is 9.97 Å². The molecule has 4 aromatic rings. The van der Waals surface area contributed by atoms with Gasteiger partial charge in [-0.15, -0.1) is 0 Å². The molecule has 0 N–H and O–H groups in total. The lowest BCUT2D eigenvalue weighted by Crippen LogP contribution is -2.40. The highest BCUT2D eigenvalue weighted by Gasteiger charge is 2.52. The maximum absolute atomic E-state index is 9.25. The van der Waals surface area contributed by atoms with Gasteiger partial charge in [-0.3, -0.25) is 9.97 Å². The van der Waals surface area contributed by atoms with Gasteiger partial charge in [0.15, 0.2) is 0 Å². The van der Waals surface area contributed by atoms with E-state index in [0.29, 0.717) is 11.1 Å². The van der Waals surface area contributed by atoms with Gasteiger partial charge in [-0.2, -0.15) is 10.5 Å². The van der Waals surface area contributed by atoms with Gasteiger partial charge in [-0.05, 0) is 94.5 Å². The molecule has 0 unspecified atom stereocenters. The molecule has 0 spiro atoms. The smallest absolute Gasteiger partial charge is 0.0991 e. The molecule has 1 aliphatic rings. The van der Waals surface area contributed by atoms with Crippen LogP contribution >= 0.6 is 0 Å². The van der Waals surface area contributed by atoms with Crippen LogP contribution in [0.25, 0.3) is 0 Å². The Balaban J connectivity index is 1.66. The number of benzene rings is 2. The van der Waals surface area contributed by atoms with Gasteiger partial charge in [-0.1, -0.05) is 24.3 Å². The first-order valence-corrected chi connectivity index (χ1v) is 10.6. The molecule has 1 aliphatic carbocycles. The van der Waals surface area contributed by atoms with Crippen LogP contribution in [-0.2, 0) is 0 Å². The van der Waals surface area contributed by atoms with Crippen molar-refractivity contribution in [3.8, 4) is 12.1 Å². The largest absolute Gasteiger partial charge is 0.265 e. The molecule has 2 aromatic heterocycles. The summed E-state index contributed by atoms with van der Waals surface area (Å²) in [5.74, 6) is 0.982. The fourth-order valence-electron chi connectivity index (χ4n) is 5.14. The van der Waals surface area contributed by atoms with Crippen LogP contribution < -0.4 is 0 Å². The molecule has 0 aliphatic heterocycles. The lowest BCUT2D eigenvalue weighted by atomic mass is 9.49. The second-order valence-electron chi connectivity index (χ2n) is 8.13. The van der Waals surface area contributed by atoms with Gasteiger partial charge in [-0.25, -0.2) is 0 Å². The van der Waals surface area contributed by atoms with E-state index in [0.717, 1.165) is 0 Å². The van der Waals surface area contributed by atoms with Crippen LogP contribution in [0.2, 0.25) is 0 Å². The molecule has 1 fully saturated rings. The Labute approximate surface area is 187 Å². The fraction of sp³-hybridized carbons (Fsp3) is 0.143. The summed E-state index contributed by atoms with van der Waals surface area (Å²) >= 11 is 0. The van der Waals surface area contributed by atoms with Crippen molar-refractivity contribution in [2.75, 3.05) is 0 Å². The average Bonchev–Trinajstić information content (AvgIpc) is 2.86. The quantitative estimate of drug-likeness (QED) is 0.433. The zero-order valence-corrected chi connectivity index (χ0v) is 17.3. The van der Waals surface area contributed by atoms with Crippen LogP contribution in [0.4, 0.5) is 0 Å². The fourth-order valence-corrected chi connectivity index (χ4v) is 5.14. The highest BCUT2D eigenvalue weighted by molar-refractivity contribution is 5.49. The van der Waals surface area contributed by atoms with Crippen LogP contribution in [-0.4, -0.2) is 9.97 Å². The van der Waals surface area contributed by atoms with E-state index in [1.54, 1.807) is 0 Å². The summed E-state index contributed by atoms with van der Waals surface area (Å²) in [6.45, 7) is 0. The predicted molar refractivity (Wildman–Crippen MR) is 122 cm³/mol. The van der Waals surface area contributed by atoms with Gasteiger partial charge in [0, 0.05) is 24.8 Å². The Morgan fingerprint density at radius 2 is 0.719 bits per heavy atom. The molecule has 2 heterocycles. The maximum Gasteiger partial charge on any atom is 0.0991 e. The molecule has 0 saturated heterocycles. The Morgan fingerprint density at radius 1 is 0.438 bits per heavy atom. The topological polar surface area (TPSA) is 73.4 Å². The molecule has 0 amide bonds. The van der Waals surface area contributed by atoms with Crippen molar-refractivity contribution in [3.05, 3.63) is 131 Å².